The van der Waals surface area contributed by atoms with Gasteiger partial charge in [-0.1, -0.05) is 25.4 Å². The molecule has 0 spiro atoms. The van der Waals surface area contributed by atoms with Gasteiger partial charge in [-0.05, 0) is 39.5 Å². The molecule has 0 unspecified atom stereocenters. The Bertz CT molecular complexity index is 447. The second-order valence-electron chi connectivity index (χ2n) is 4.61. The molecule has 1 aromatic heterocycles. The lowest BCUT2D eigenvalue weighted by Crippen LogP contribution is -2.50. The van der Waals surface area contributed by atoms with Gasteiger partial charge in [0.1, 0.15) is 22.5 Å². The fourth-order valence-corrected chi connectivity index (χ4v) is 2.81. The van der Waals surface area contributed by atoms with E-state index >= 15 is 0 Å². The zero-order chi connectivity index (χ0) is 13.3. The molecule has 4 nitrogen and oxygen atoms in total. The Labute approximate surface area is 119 Å². The van der Waals surface area contributed by atoms with Crippen LogP contribution >= 0.6 is 27.5 Å². The fourth-order valence-electron chi connectivity index (χ4n) is 2.04. The molecule has 2 heterocycles. The molecular formula is C12H14BrClN2O2. The van der Waals surface area contributed by atoms with E-state index in [0.29, 0.717) is 9.76 Å². The zero-order valence-corrected chi connectivity index (χ0v) is 12.5. The number of amides is 1. The van der Waals surface area contributed by atoms with Gasteiger partial charge in [0.05, 0.1) is 6.04 Å². The lowest BCUT2D eigenvalue weighted by molar-refractivity contribution is -0.138. The van der Waals surface area contributed by atoms with E-state index in [1.165, 1.54) is 0 Å². The largest absolute Gasteiger partial charge is 0.362 e. The van der Waals surface area contributed by atoms with Crippen molar-refractivity contribution in [1.82, 2.24) is 10.3 Å². The van der Waals surface area contributed by atoms with Crippen molar-refractivity contribution in [3.05, 3.63) is 27.5 Å². The third kappa shape index (κ3) is 3.02. The number of nitrogens with one attached hydrogen (secondary N) is 1. The Morgan fingerprint density at radius 2 is 2.28 bits per heavy atom. The van der Waals surface area contributed by atoms with Crippen molar-refractivity contribution in [3.8, 4) is 0 Å². The summed E-state index contributed by atoms with van der Waals surface area (Å²) >= 11 is 9.25. The third-order valence-electron chi connectivity index (χ3n) is 2.88. The first kappa shape index (κ1) is 13.8. The van der Waals surface area contributed by atoms with Gasteiger partial charge in [-0.3, -0.25) is 4.79 Å². The SMILES string of the molecule is CC(C)[C@H]1NC(=O)CO[C@@H]1c1cc(Cl)nc(Br)c1. The summed E-state index contributed by atoms with van der Waals surface area (Å²) < 4.78 is 6.30. The van der Waals surface area contributed by atoms with E-state index in [1.54, 1.807) is 6.07 Å². The van der Waals surface area contributed by atoms with Crippen molar-refractivity contribution in [2.24, 2.45) is 5.92 Å². The molecule has 98 valence electrons. The molecule has 1 aliphatic rings. The van der Waals surface area contributed by atoms with Crippen LogP contribution in [0.4, 0.5) is 0 Å². The molecule has 1 aliphatic heterocycles. The second-order valence-corrected chi connectivity index (χ2v) is 5.81. The monoisotopic (exact) mass is 332 g/mol. The van der Waals surface area contributed by atoms with Crippen LogP contribution in [0.15, 0.2) is 16.7 Å². The smallest absolute Gasteiger partial charge is 0.246 e. The Morgan fingerprint density at radius 3 is 2.89 bits per heavy atom. The molecule has 0 saturated carbocycles. The molecule has 1 amide bonds. The number of rotatable bonds is 2. The molecule has 0 aliphatic carbocycles. The van der Waals surface area contributed by atoms with Gasteiger partial charge in [0, 0.05) is 0 Å². The van der Waals surface area contributed by atoms with Crippen LogP contribution in [-0.4, -0.2) is 23.5 Å². The number of carbonyl (C=O) groups is 1. The molecule has 1 saturated heterocycles. The van der Waals surface area contributed by atoms with Crippen molar-refractivity contribution in [3.63, 3.8) is 0 Å². The van der Waals surface area contributed by atoms with E-state index < -0.39 is 0 Å². The molecule has 2 atom stereocenters. The summed E-state index contributed by atoms with van der Waals surface area (Å²) in [6, 6.07) is 3.57. The Morgan fingerprint density at radius 1 is 1.56 bits per heavy atom. The van der Waals surface area contributed by atoms with Crippen LogP contribution in [-0.2, 0) is 9.53 Å². The summed E-state index contributed by atoms with van der Waals surface area (Å²) in [6.07, 6.45) is -0.195. The summed E-state index contributed by atoms with van der Waals surface area (Å²) in [4.78, 5) is 15.5. The maximum atomic E-state index is 11.4. The number of ether oxygens (including phenoxy) is 1. The molecule has 0 radical (unpaired) electrons. The molecule has 18 heavy (non-hydrogen) atoms. The highest BCUT2D eigenvalue weighted by Crippen LogP contribution is 2.30. The lowest BCUT2D eigenvalue weighted by Gasteiger charge is -2.35. The predicted molar refractivity (Wildman–Crippen MR) is 72.4 cm³/mol. The van der Waals surface area contributed by atoms with Gasteiger partial charge in [0.2, 0.25) is 5.91 Å². The minimum atomic E-state index is -0.195. The van der Waals surface area contributed by atoms with Crippen molar-refractivity contribution in [1.29, 1.82) is 0 Å². The number of aromatic nitrogens is 1. The molecule has 2 rings (SSSR count). The Hall–Kier alpha value is -0.650. The number of carbonyl (C=O) groups excluding carboxylic acids is 1. The van der Waals surface area contributed by atoms with Gasteiger partial charge in [0.25, 0.3) is 0 Å². The Kier molecular flexibility index (Phi) is 4.25. The first-order chi connectivity index (χ1) is 8.47. The number of morpholine rings is 1. The highest BCUT2D eigenvalue weighted by molar-refractivity contribution is 9.10. The molecule has 1 fully saturated rings. The molecule has 1 aromatic rings. The van der Waals surface area contributed by atoms with E-state index in [2.05, 4.69) is 26.2 Å². The highest BCUT2D eigenvalue weighted by atomic mass is 79.9. The summed E-state index contributed by atoms with van der Waals surface area (Å²) in [5.74, 6) is 0.189. The predicted octanol–water partition coefficient (Wildman–Crippen LogP) is 2.71. The first-order valence-electron chi connectivity index (χ1n) is 5.71. The van der Waals surface area contributed by atoms with Gasteiger partial charge < -0.3 is 10.1 Å². The number of hydrogen-bond acceptors (Lipinski definition) is 3. The fraction of sp³-hybridized carbons (Fsp3) is 0.500. The number of nitrogens with zero attached hydrogens (tertiary/aromatic N) is 1. The third-order valence-corrected chi connectivity index (χ3v) is 3.48. The second kappa shape index (κ2) is 5.55. The van der Waals surface area contributed by atoms with Crippen LogP contribution in [0.2, 0.25) is 5.15 Å². The Balaban J connectivity index is 2.32. The van der Waals surface area contributed by atoms with Gasteiger partial charge in [-0.2, -0.15) is 0 Å². The van der Waals surface area contributed by atoms with Crippen molar-refractivity contribution in [2.45, 2.75) is 26.0 Å². The first-order valence-corrected chi connectivity index (χ1v) is 6.88. The van der Waals surface area contributed by atoms with Crippen LogP contribution in [0, 0.1) is 5.92 Å². The molecule has 1 N–H and O–H groups in total. The maximum absolute atomic E-state index is 11.4. The van der Waals surface area contributed by atoms with Crippen molar-refractivity contribution >= 4 is 33.4 Å². The lowest BCUT2D eigenvalue weighted by atomic mass is 9.92. The number of hydrogen-bond donors (Lipinski definition) is 1. The van der Waals surface area contributed by atoms with Crippen LogP contribution < -0.4 is 5.32 Å². The van der Waals surface area contributed by atoms with Gasteiger partial charge >= 0.3 is 0 Å². The summed E-state index contributed by atoms with van der Waals surface area (Å²) in [5, 5.41) is 3.37. The molecule has 0 aromatic carbocycles. The molecule has 6 heteroatoms. The standard InChI is InChI=1S/C12H14BrClN2O2/c1-6(2)11-12(18-5-10(17)16-11)7-3-8(13)15-9(14)4-7/h3-4,6,11-12H,5H2,1-2H3,(H,16,17)/t11-,12-/m1/s1. The van der Waals surface area contributed by atoms with E-state index in [1.807, 2.05) is 19.9 Å². The van der Waals surface area contributed by atoms with Gasteiger partial charge in [-0.25, -0.2) is 4.98 Å². The van der Waals surface area contributed by atoms with Crippen molar-refractivity contribution < 1.29 is 9.53 Å². The van der Waals surface area contributed by atoms with Crippen LogP contribution in [0.25, 0.3) is 0 Å². The summed E-state index contributed by atoms with van der Waals surface area (Å²) in [5.41, 5.74) is 0.917. The van der Waals surface area contributed by atoms with E-state index in [-0.39, 0.29) is 30.6 Å². The quantitative estimate of drug-likeness (QED) is 0.847. The summed E-state index contributed by atoms with van der Waals surface area (Å²) in [7, 11) is 0. The van der Waals surface area contributed by atoms with Crippen LogP contribution in [0.3, 0.4) is 0 Å². The minimum absolute atomic E-state index is 0.0587. The van der Waals surface area contributed by atoms with E-state index in [4.69, 9.17) is 16.3 Å². The summed E-state index contributed by atoms with van der Waals surface area (Å²) in [6.45, 7) is 4.17. The topological polar surface area (TPSA) is 51.2 Å². The van der Waals surface area contributed by atoms with Crippen molar-refractivity contribution in [2.75, 3.05) is 6.61 Å². The maximum Gasteiger partial charge on any atom is 0.246 e. The normalized spacial score (nSPS) is 24.2. The van der Waals surface area contributed by atoms with Crippen LogP contribution in [0.5, 0.6) is 0 Å². The van der Waals surface area contributed by atoms with E-state index in [0.717, 1.165) is 5.56 Å². The highest BCUT2D eigenvalue weighted by Gasteiger charge is 2.33. The number of halogens is 2. The van der Waals surface area contributed by atoms with E-state index in [9.17, 15) is 4.79 Å². The van der Waals surface area contributed by atoms with Gasteiger partial charge in [-0.15, -0.1) is 0 Å². The number of pyridine rings is 1. The minimum Gasteiger partial charge on any atom is -0.362 e. The molecule has 0 bridgehead atoms. The average Bonchev–Trinajstić information content (AvgIpc) is 2.27. The molecular weight excluding hydrogens is 320 g/mol. The average molecular weight is 334 g/mol. The zero-order valence-electron chi connectivity index (χ0n) is 10.1. The van der Waals surface area contributed by atoms with Crippen LogP contribution in [0.1, 0.15) is 25.5 Å². The van der Waals surface area contributed by atoms with Gasteiger partial charge in [0.15, 0.2) is 0 Å².